The summed E-state index contributed by atoms with van der Waals surface area (Å²) >= 11 is 0. The van der Waals surface area contributed by atoms with Crippen molar-refractivity contribution < 1.29 is 26.7 Å². The van der Waals surface area contributed by atoms with Gasteiger partial charge in [-0.05, 0) is 24.1 Å². The summed E-state index contributed by atoms with van der Waals surface area (Å²) < 4.78 is 66.1. The molecular formula is C12H14F5NO. The lowest BCUT2D eigenvalue weighted by Crippen LogP contribution is -2.18. The second kappa shape index (κ2) is 6.81. The Morgan fingerprint density at radius 2 is 1.84 bits per heavy atom. The number of rotatable bonds is 6. The van der Waals surface area contributed by atoms with Gasteiger partial charge in [-0.15, -0.1) is 0 Å². The molecule has 2 nitrogen and oxygen atoms in total. The molecule has 0 spiro atoms. The summed E-state index contributed by atoms with van der Waals surface area (Å²) in [6.45, 7) is -0.139. The van der Waals surface area contributed by atoms with Crippen LogP contribution in [0.4, 0.5) is 22.0 Å². The van der Waals surface area contributed by atoms with Crippen LogP contribution in [0.5, 0.6) is 0 Å². The molecule has 0 aliphatic heterocycles. The second-order valence-corrected chi connectivity index (χ2v) is 4.07. The lowest BCUT2D eigenvalue weighted by molar-refractivity contribution is -0.137. The van der Waals surface area contributed by atoms with E-state index in [-0.39, 0.29) is 19.6 Å². The van der Waals surface area contributed by atoms with Crippen molar-refractivity contribution in [2.45, 2.75) is 25.1 Å². The molecule has 0 radical (unpaired) electrons. The van der Waals surface area contributed by atoms with E-state index in [9.17, 15) is 22.0 Å². The average Bonchev–Trinajstić information content (AvgIpc) is 2.30. The third kappa shape index (κ3) is 5.98. The minimum absolute atomic E-state index is 0.0526. The van der Waals surface area contributed by atoms with Crippen molar-refractivity contribution in [3.63, 3.8) is 0 Å². The van der Waals surface area contributed by atoms with Gasteiger partial charge < -0.3 is 10.5 Å². The molecular weight excluding hydrogens is 269 g/mol. The van der Waals surface area contributed by atoms with Crippen LogP contribution in [-0.2, 0) is 4.74 Å². The average molecular weight is 283 g/mol. The molecule has 1 aromatic carbocycles. The van der Waals surface area contributed by atoms with Crippen LogP contribution >= 0.6 is 0 Å². The molecule has 0 bridgehead atoms. The van der Waals surface area contributed by atoms with Crippen molar-refractivity contribution >= 4 is 0 Å². The Hall–Kier alpha value is -1.21. The van der Waals surface area contributed by atoms with Crippen molar-refractivity contribution in [1.82, 2.24) is 0 Å². The molecule has 0 amide bonds. The van der Waals surface area contributed by atoms with Gasteiger partial charge in [-0.1, -0.05) is 6.07 Å². The number of ether oxygens (including phenoxy) is 1. The summed E-state index contributed by atoms with van der Waals surface area (Å²) in [6.07, 6.45) is -5.28. The zero-order valence-electron chi connectivity index (χ0n) is 10.0. The van der Waals surface area contributed by atoms with E-state index in [1.54, 1.807) is 0 Å². The quantitative estimate of drug-likeness (QED) is 0.642. The molecule has 7 heteroatoms. The smallest absolute Gasteiger partial charge is 0.379 e. The fraction of sp³-hybridized carbons (Fsp3) is 0.500. The van der Waals surface area contributed by atoms with Crippen molar-refractivity contribution in [2.24, 2.45) is 5.73 Å². The fourth-order valence-electron chi connectivity index (χ4n) is 1.42. The summed E-state index contributed by atoms with van der Waals surface area (Å²) in [6, 6.07) is 2.48. The van der Waals surface area contributed by atoms with Crippen molar-refractivity contribution in [2.75, 3.05) is 13.2 Å². The number of hydrogen-bond acceptors (Lipinski definition) is 2. The Kier molecular flexibility index (Phi) is 5.68. The van der Waals surface area contributed by atoms with Crippen LogP contribution < -0.4 is 5.73 Å². The monoisotopic (exact) mass is 283 g/mol. The van der Waals surface area contributed by atoms with E-state index < -0.39 is 30.3 Å². The van der Waals surface area contributed by atoms with E-state index in [0.29, 0.717) is 5.56 Å². The number of alkyl halides is 3. The molecule has 1 unspecified atom stereocenters. The number of halogens is 5. The Bertz CT molecular complexity index is 408. The van der Waals surface area contributed by atoms with Gasteiger partial charge in [0.25, 0.3) is 0 Å². The summed E-state index contributed by atoms with van der Waals surface area (Å²) in [5.74, 6) is -2.01. The molecule has 0 aliphatic rings. The topological polar surface area (TPSA) is 35.2 Å². The molecule has 2 N–H and O–H groups in total. The van der Waals surface area contributed by atoms with Crippen LogP contribution in [0.15, 0.2) is 18.2 Å². The molecule has 1 atom stereocenters. The lowest BCUT2D eigenvalue weighted by atomic mass is 10.1. The Morgan fingerprint density at radius 3 is 2.42 bits per heavy atom. The molecule has 0 saturated heterocycles. The summed E-state index contributed by atoms with van der Waals surface area (Å²) in [4.78, 5) is 0. The molecule has 0 fully saturated rings. The highest BCUT2D eigenvalue weighted by molar-refractivity contribution is 5.20. The predicted molar refractivity (Wildman–Crippen MR) is 59.4 cm³/mol. The van der Waals surface area contributed by atoms with Crippen LogP contribution in [0.25, 0.3) is 0 Å². The summed E-state index contributed by atoms with van der Waals surface area (Å²) in [5.41, 5.74) is 5.97. The van der Waals surface area contributed by atoms with Gasteiger partial charge >= 0.3 is 6.18 Å². The second-order valence-electron chi connectivity index (χ2n) is 4.07. The van der Waals surface area contributed by atoms with Crippen LogP contribution in [0.1, 0.15) is 24.4 Å². The Labute approximate surface area is 107 Å². The first-order chi connectivity index (χ1) is 8.79. The van der Waals surface area contributed by atoms with Crippen LogP contribution in [0.3, 0.4) is 0 Å². The first kappa shape index (κ1) is 15.8. The van der Waals surface area contributed by atoms with Gasteiger partial charge in [-0.25, -0.2) is 8.78 Å². The lowest BCUT2D eigenvalue weighted by Gasteiger charge is -2.13. The highest BCUT2D eigenvalue weighted by Gasteiger charge is 2.25. The van der Waals surface area contributed by atoms with Gasteiger partial charge in [0.1, 0.15) is 0 Å². The van der Waals surface area contributed by atoms with Crippen LogP contribution in [0, 0.1) is 11.6 Å². The molecule has 1 rings (SSSR count). The molecule has 1 aromatic rings. The normalized spacial score (nSPS) is 13.6. The van der Waals surface area contributed by atoms with Crippen LogP contribution in [-0.4, -0.2) is 19.4 Å². The van der Waals surface area contributed by atoms with E-state index >= 15 is 0 Å². The maximum atomic E-state index is 12.9. The first-order valence-electron chi connectivity index (χ1n) is 5.64. The molecule has 19 heavy (non-hydrogen) atoms. The van der Waals surface area contributed by atoms with Crippen LogP contribution in [0.2, 0.25) is 0 Å². The third-order valence-corrected chi connectivity index (χ3v) is 2.42. The predicted octanol–water partition coefficient (Wildman–Crippen LogP) is 3.32. The van der Waals surface area contributed by atoms with Gasteiger partial charge in [-0.3, -0.25) is 0 Å². The van der Waals surface area contributed by atoms with Gasteiger partial charge in [-0.2, -0.15) is 13.2 Å². The van der Waals surface area contributed by atoms with Crippen molar-refractivity contribution in [1.29, 1.82) is 0 Å². The highest BCUT2D eigenvalue weighted by Crippen LogP contribution is 2.21. The molecule has 108 valence electrons. The molecule has 0 aromatic heterocycles. The van der Waals surface area contributed by atoms with Gasteiger partial charge in [0.05, 0.1) is 12.6 Å². The van der Waals surface area contributed by atoms with E-state index in [0.717, 1.165) is 12.1 Å². The maximum Gasteiger partial charge on any atom is 0.389 e. The van der Waals surface area contributed by atoms with E-state index in [1.807, 2.05) is 0 Å². The number of benzene rings is 1. The minimum atomic E-state index is -4.20. The van der Waals surface area contributed by atoms with E-state index in [2.05, 4.69) is 0 Å². The number of hydrogen-bond donors (Lipinski definition) is 1. The van der Waals surface area contributed by atoms with Gasteiger partial charge in [0.2, 0.25) is 0 Å². The van der Waals surface area contributed by atoms with Crippen molar-refractivity contribution in [3.8, 4) is 0 Å². The van der Waals surface area contributed by atoms with Crippen molar-refractivity contribution in [3.05, 3.63) is 35.4 Å². The SMILES string of the molecule is NC(COCCCC(F)(F)F)c1ccc(F)c(F)c1. The summed E-state index contributed by atoms with van der Waals surface area (Å²) in [5, 5.41) is 0. The Balaban J connectivity index is 2.31. The molecule has 0 saturated carbocycles. The van der Waals surface area contributed by atoms with Gasteiger partial charge in [0, 0.05) is 13.0 Å². The van der Waals surface area contributed by atoms with E-state index in [1.165, 1.54) is 6.07 Å². The minimum Gasteiger partial charge on any atom is -0.379 e. The zero-order valence-corrected chi connectivity index (χ0v) is 10.0. The van der Waals surface area contributed by atoms with Gasteiger partial charge in [0.15, 0.2) is 11.6 Å². The van der Waals surface area contributed by atoms with E-state index in [4.69, 9.17) is 10.5 Å². The number of nitrogens with two attached hydrogens (primary N) is 1. The third-order valence-electron chi connectivity index (χ3n) is 2.42. The highest BCUT2D eigenvalue weighted by atomic mass is 19.4. The molecule has 0 heterocycles. The fourth-order valence-corrected chi connectivity index (χ4v) is 1.42. The summed E-state index contributed by atoms with van der Waals surface area (Å²) in [7, 11) is 0. The zero-order chi connectivity index (χ0) is 14.5. The Morgan fingerprint density at radius 1 is 1.16 bits per heavy atom. The largest absolute Gasteiger partial charge is 0.389 e. The standard InChI is InChI=1S/C12H14F5NO/c13-9-3-2-8(6-10(9)14)11(18)7-19-5-1-4-12(15,16)17/h2-3,6,11H,1,4-5,7,18H2. The molecule has 0 aliphatic carbocycles. The maximum absolute atomic E-state index is 12.9. The first-order valence-corrected chi connectivity index (χ1v) is 5.64.